The topological polar surface area (TPSA) is 64.6 Å². The van der Waals surface area contributed by atoms with Crippen LogP contribution < -0.4 is 9.47 Å². The first-order valence-corrected chi connectivity index (χ1v) is 11.5. The molecule has 32 heavy (non-hydrogen) atoms. The summed E-state index contributed by atoms with van der Waals surface area (Å²) >= 11 is 1.05. The SMILES string of the molecule is C[C@@H]1CCN(C(=O)CCSc2nc(-c3ccc4c(c3)OCO4)cc(C(F)(F)F)n2)[C@H](C)C1. The first-order chi connectivity index (χ1) is 15.2. The number of fused-ring (bicyclic) bond motifs is 1. The maximum atomic E-state index is 13.4. The number of alkyl halides is 3. The van der Waals surface area contributed by atoms with Crippen LogP contribution in [0.25, 0.3) is 11.3 Å². The van der Waals surface area contributed by atoms with Crippen molar-refractivity contribution in [3.8, 4) is 22.8 Å². The summed E-state index contributed by atoms with van der Waals surface area (Å²) in [6.45, 7) is 5.01. The van der Waals surface area contributed by atoms with Crippen LogP contribution in [-0.2, 0) is 11.0 Å². The smallest absolute Gasteiger partial charge is 0.433 e. The number of carbonyl (C=O) groups is 1. The van der Waals surface area contributed by atoms with Crippen molar-refractivity contribution in [3.05, 3.63) is 30.0 Å². The summed E-state index contributed by atoms with van der Waals surface area (Å²) in [4.78, 5) is 22.5. The number of hydrogen-bond acceptors (Lipinski definition) is 6. The predicted octanol–water partition coefficient (Wildman–Crippen LogP) is 5.02. The van der Waals surface area contributed by atoms with Crippen molar-refractivity contribution >= 4 is 17.7 Å². The van der Waals surface area contributed by atoms with E-state index in [1.165, 1.54) is 0 Å². The third-order valence-electron chi connectivity index (χ3n) is 5.67. The highest BCUT2D eigenvalue weighted by atomic mass is 32.2. The van der Waals surface area contributed by atoms with Gasteiger partial charge in [-0.1, -0.05) is 18.7 Å². The Labute approximate surface area is 188 Å². The van der Waals surface area contributed by atoms with Gasteiger partial charge >= 0.3 is 6.18 Å². The number of thioether (sulfide) groups is 1. The van der Waals surface area contributed by atoms with Crippen molar-refractivity contribution in [3.63, 3.8) is 0 Å². The fraction of sp³-hybridized carbons (Fsp3) is 0.500. The van der Waals surface area contributed by atoms with Crippen molar-refractivity contribution in [1.29, 1.82) is 0 Å². The van der Waals surface area contributed by atoms with Crippen LogP contribution in [0.2, 0.25) is 0 Å². The molecule has 0 bridgehead atoms. The molecule has 0 unspecified atom stereocenters. The van der Waals surface area contributed by atoms with Gasteiger partial charge in [0.05, 0.1) is 5.69 Å². The molecule has 10 heteroatoms. The van der Waals surface area contributed by atoms with Gasteiger partial charge < -0.3 is 14.4 Å². The molecule has 0 aliphatic carbocycles. The maximum absolute atomic E-state index is 13.4. The maximum Gasteiger partial charge on any atom is 0.433 e. The minimum Gasteiger partial charge on any atom is -0.454 e. The Morgan fingerprint density at radius 2 is 1.97 bits per heavy atom. The minimum atomic E-state index is -4.61. The van der Waals surface area contributed by atoms with Gasteiger partial charge in [0.15, 0.2) is 16.7 Å². The number of likely N-dealkylation sites (tertiary alicyclic amines) is 1. The monoisotopic (exact) mass is 467 g/mol. The van der Waals surface area contributed by atoms with Gasteiger partial charge in [-0.15, -0.1) is 0 Å². The number of halogens is 3. The standard InChI is InChI=1S/C22H24F3N3O3S/c1-13-5-7-28(14(2)9-13)20(29)6-8-32-21-26-16(11-19(27-21)22(23,24)25)15-3-4-17-18(10-15)31-12-30-17/h3-4,10-11,13-14H,5-9,12H2,1-2H3/t13-,14-/m1/s1. The molecular formula is C22H24F3N3O3S. The first kappa shape index (κ1) is 22.7. The lowest BCUT2D eigenvalue weighted by molar-refractivity contribution is -0.141. The van der Waals surface area contributed by atoms with E-state index in [1.807, 2.05) is 11.8 Å². The van der Waals surface area contributed by atoms with Crippen molar-refractivity contribution in [2.75, 3.05) is 19.1 Å². The van der Waals surface area contributed by atoms with Crippen LogP contribution in [0.15, 0.2) is 29.4 Å². The Hall–Kier alpha value is -2.49. The number of hydrogen-bond donors (Lipinski definition) is 0. The van der Waals surface area contributed by atoms with Gasteiger partial charge in [0, 0.05) is 30.3 Å². The van der Waals surface area contributed by atoms with E-state index in [1.54, 1.807) is 18.2 Å². The normalized spacial score (nSPS) is 20.5. The fourth-order valence-electron chi connectivity index (χ4n) is 3.99. The summed E-state index contributed by atoms with van der Waals surface area (Å²) in [6.07, 6.45) is -2.45. The number of piperidine rings is 1. The van der Waals surface area contributed by atoms with Gasteiger partial charge in [-0.3, -0.25) is 4.79 Å². The van der Waals surface area contributed by atoms with Gasteiger partial charge in [0.1, 0.15) is 5.69 Å². The molecule has 1 aromatic heterocycles. The summed E-state index contributed by atoms with van der Waals surface area (Å²) in [6, 6.07) is 5.97. The zero-order valence-corrected chi connectivity index (χ0v) is 18.6. The van der Waals surface area contributed by atoms with E-state index in [2.05, 4.69) is 16.9 Å². The van der Waals surface area contributed by atoms with Crippen molar-refractivity contribution in [2.24, 2.45) is 5.92 Å². The molecule has 3 heterocycles. The lowest BCUT2D eigenvalue weighted by Crippen LogP contribution is -2.44. The molecule has 1 aromatic carbocycles. The van der Waals surface area contributed by atoms with E-state index in [4.69, 9.17) is 9.47 Å². The molecule has 4 rings (SSSR count). The third kappa shape index (κ3) is 5.11. The molecule has 0 radical (unpaired) electrons. The van der Waals surface area contributed by atoms with Crippen LogP contribution in [0.3, 0.4) is 0 Å². The van der Waals surface area contributed by atoms with Gasteiger partial charge in [0.25, 0.3) is 0 Å². The van der Waals surface area contributed by atoms with Crippen LogP contribution in [0, 0.1) is 5.92 Å². The minimum absolute atomic E-state index is 0.0133. The molecule has 2 aromatic rings. The molecule has 6 nitrogen and oxygen atoms in total. The highest BCUT2D eigenvalue weighted by Crippen LogP contribution is 2.37. The highest BCUT2D eigenvalue weighted by Gasteiger charge is 2.34. The average molecular weight is 468 g/mol. The number of aromatic nitrogens is 2. The molecule has 172 valence electrons. The summed E-state index contributed by atoms with van der Waals surface area (Å²) < 4.78 is 50.9. The zero-order valence-electron chi connectivity index (χ0n) is 17.8. The molecule has 0 spiro atoms. The quantitative estimate of drug-likeness (QED) is 0.455. The molecule has 2 atom stereocenters. The van der Waals surface area contributed by atoms with Gasteiger partial charge in [-0.2, -0.15) is 13.2 Å². The van der Waals surface area contributed by atoms with Crippen molar-refractivity contribution in [2.45, 2.75) is 50.5 Å². The lowest BCUT2D eigenvalue weighted by atomic mass is 9.93. The summed E-state index contributed by atoms with van der Waals surface area (Å²) in [5.41, 5.74) is -0.415. The van der Waals surface area contributed by atoms with Gasteiger partial charge in [0.2, 0.25) is 12.7 Å². The second-order valence-electron chi connectivity index (χ2n) is 8.15. The van der Waals surface area contributed by atoms with Crippen LogP contribution in [-0.4, -0.2) is 45.9 Å². The summed E-state index contributed by atoms with van der Waals surface area (Å²) in [7, 11) is 0. The van der Waals surface area contributed by atoms with E-state index in [-0.39, 0.29) is 36.0 Å². The average Bonchev–Trinajstić information content (AvgIpc) is 3.20. The summed E-state index contributed by atoms with van der Waals surface area (Å²) in [5.74, 6) is 1.91. The Kier molecular flexibility index (Phi) is 6.50. The van der Waals surface area contributed by atoms with Crippen LogP contribution >= 0.6 is 11.8 Å². The van der Waals surface area contributed by atoms with Crippen molar-refractivity contribution < 1.29 is 27.4 Å². The highest BCUT2D eigenvalue weighted by molar-refractivity contribution is 7.99. The molecule has 0 N–H and O–H groups in total. The molecule has 1 saturated heterocycles. The summed E-state index contributed by atoms with van der Waals surface area (Å²) in [5, 5.41) is -0.0133. The van der Waals surface area contributed by atoms with Crippen LogP contribution in [0.1, 0.15) is 38.8 Å². The Morgan fingerprint density at radius 1 is 1.19 bits per heavy atom. The van der Waals surface area contributed by atoms with Crippen molar-refractivity contribution in [1.82, 2.24) is 14.9 Å². The Balaban J connectivity index is 1.48. The van der Waals surface area contributed by atoms with E-state index in [0.29, 0.717) is 28.7 Å². The Morgan fingerprint density at radius 3 is 2.72 bits per heavy atom. The fourth-order valence-corrected chi connectivity index (χ4v) is 4.77. The predicted molar refractivity (Wildman–Crippen MR) is 114 cm³/mol. The molecule has 1 amide bonds. The second-order valence-corrected chi connectivity index (χ2v) is 9.21. The van der Waals surface area contributed by atoms with Gasteiger partial charge in [-0.25, -0.2) is 9.97 Å². The van der Waals surface area contributed by atoms with E-state index in [9.17, 15) is 18.0 Å². The molecule has 1 fully saturated rings. The van der Waals surface area contributed by atoms with Crippen LogP contribution in [0.5, 0.6) is 11.5 Å². The number of nitrogens with zero attached hydrogens (tertiary/aromatic N) is 3. The lowest BCUT2D eigenvalue weighted by Gasteiger charge is -2.36. The van der Waals surface area contributed by atoms with E-state index in [0.717, 1.165) is 37.2 Å². The molecule has 2 aliphatic rings. The molecular weight excluding hydrogens is 443 g/mol. The number of carbonyl (C=O) groups excluding carboxylic acids is 1. The van der Waals surface area contributed by atoms with Crippen LogP contribution in [0.4, 0.5) is 13.2 Å². The Bertz CT molecular complexity index is 1000. The molecule has 2 aliphatic heterocycles. The number of rotatable bonds is 5. The first-order valence-electron chi connectivity index (χ1n) is 10.5. The largest absolute Gasteiger partial charge is 0.454 e. The van der Waals surface area contributed by atoms with E-state index >= 15 is 0 Å². The number of amides is 1. The second kappa shape index (κ2) is 9.17. The number of ether oxygens (including phenoxy) is 2. The number of benzene rings is 1. The van der Waals surface area contributed by atoms with E-state index < -0.39 is 11.9 Å². The zero-order chi connectivity index (χ0) is 22.9. The molecule has 0 saturated carbocycles. The third-order valence-corrected chi connectivity index (χ3v) is 6.52. The van der Waals surface area contributed by atoms with Gasteiger partial charge in [-0.05, 0) is 49.9 Å².